The van der Waals surface area contributed by atoms with Crippen LogP contribution >= 0.6 is 11.6 Å². The van der Waals surface area contributed by atoms with Crippen molar-refractivity contribution in [3.05, 3.63) is 17.3 Å². The van der Waals surface area contributed by atoms with Gasteiger partial charge in [0.1, 0.15) is 5.82 Å². The quantitative estimate of drug-likeness (QED) is 0.825. The Morgan fingerprint density at radius 1 is 1.59 bits per heavy atom. The van der Waals surface area contributed by atoms with Crippen LogP contribution in [-0.4, -0.2) is 24.0 Å². The summed E-state index contributed by atoms with van der Waals surface area (Å²) in [4.78, 5) is 17.4. The number of hydrogen-bond acceptors (Lipinski definition) is 4. The van der Waals surface area contributed by atoms with Gasteiger partial charge in [-0.1, -0.05) is 11.6 Å². The summed E-state index contributed by atoms with van der Waals surface area (Å²) in [6.07, 6.45) is 3.31. The summed E-state index contributed by atoms with van der Waals surface area (Å²) in [7, 11) is 0. The maximum absolute atomic E-state index is 11.2. The molecule has 1 unspecified atom stereocenters. The fourth-order valence-electron chi connectivity index (χ4n) is 2.08. The van der Waals surface area contributed by atoms with Gasteiger partial charge in [0.15, 0.2) is 0 Å². The Morgan fingerprint density at radius 3 is 3.00 bits per heavy atom. The van der Waals surface area contributed by atoms with Crippen molar-refractivity contribution in [2.24, 2.45) is 11.7 Å². The highest BCUT2D eigenvalue weighted by Gasteiger charge is 2.25. The van der Waals surface area contributed by atoms with E-state index in [2.05, 4.69) is 4.98 Å². The first-order valence-corrected chi connectivity index (χ1v) is 5.91. The lowest BCUT2D eigenvalue weighted by Crippen LogP contribution is -2.41. The molecule has 1 fully saturated rings. The number of primary amides is 1. The van der Waals surface area contributed by atoms with E-state index in [1.54, 1.807) is 12.3 Å². The predicted octanol–water partition coefficient (Wildman–Crippen LogP) is 1.02. The Bertz CT molecular complexity index is 437. The summed E-state index contributed by atoms with van der Waals surface area (Å²) >= 11 is 6.09. The van der Waals surface area contributed by atoms with E-state index in [9.17, 15) is 4.79 Å². The molecule has 2 rings (SSSR count). The smallest absolute Gasteiger partial charge is 0.222 e. The van der Waals surface area contributed by atoms with Gasteiger partial charge in [0, 0.05) is 13.1 Å². The number of rotatable bonds is 2. The molecule has 17 heavy (non-hydrogen) atoms. The van der Waals surface area contributed by atoms with E-state index < -0.39 is 0 Å². The van der Waals surface area contributed by atoms with E-state index >= 15 is 0 Å². The molecule has 4 N–H and O–H groups in total. The van der Waals surface area contributed by atoms with Crippen molar-refractivity contribution in [1.29, 1.82) is 0 Å². The fraction of sp³-hybridized carbons (Fsp3) is 0.455. The van der Waals surface area contributed by atoms with E-state index in [0.29, 0.717) is 23.1 Å². The van der Waals surface area contributed by atoms with Gasteiger partial charge in [-0.05, 0) is 18.9 Å². The maximum atomic E-state index is 11.2. The summed E-state index contributed by atoms with van der Waals surface area (Å²) in [5, 5.41) is 0.509. The van der Waals surface area contributed by atoms with Crippen molar-refractivity contribution < 1.29 is 4.79 Å². The van der Waals surface area contributed by atoms with Crippen molar-refractivity contribution in [3.8, 4) is 0 Å². The van der Waals surface area contributed by atoms with Crippen LogP contribution in [0.5, 0.6) is 0 Å². The van der Waals surface area contributed by atoms with Crippen LogP contribution in [0.2, 0.25) is 5.02 Å². The summed E-state index contributed by atoms with van der Waals surface area (Å²) in [6, 6.07) is 1.66. The maximum Gasteiger partial charge on any atom is 0.222 e. The Labute approximate surface area is 105 Å². The molecule has 1 aromatic rings. The van der Waals surface area contributed by atoms with Crippen LogP contribution in [0.15, 0.2) is 12.3 Å². The zero-order chi connectivity index (χ0) is 12.4. The highest BCUT2D eigenvalue weighted by molar-refractivity contribution is 6.33. The third kappa shape index (κ3) is 2.61. The Hall–Kier alpha value is -1.49. The van der Waals surface area contributed by atoms with Crippen LogP contribution in [0, 0.1) is 5.92 Å². The summed E-state index contributed by atoms with van der Waals surface area (Å²) in [5.74, 6) is 0.284. The van der Waals surface area contributed by atoms with E-state index in [1.807, 2.05) is 4.90 Å². The second kappa shape index (κ2) is 4.79. The lowest BCUT2D eigenvalue weighted by atomic mass is 9.97. The number of pyridine rings is 1. The number of aromatic nitrogens is 1. The van der Waals surface area contributed by atoms with Crippen LogP contribution in [0.1, 0.15) is 12.8 Å². The van der Waals surface area contributed by atoms with Gasteiger partial charge in [-0.2, -0.15) is 0 Å². The van der Waals surface area contributed by atoms with Gasteiger partial charge in [0.05, 0.1) is 22.8 Å². The molecule has 1 atom stereocenters. The van der Waals surface area contributed by atoms with Crippen LogP contribution in [-0.2, 0) is 4.79 Å². The average Bonchev–Trinajstić information content (AvgIpc) is 2.29. The molecular formula is C11H15ClN4O. The number of hydrogen-bond donors (Lipinski definition) is 2. The van der Waals surface area contributed by atoms with Gasteiger partial charge < -0.3 is 16.4 Å². The topological polar surface area (TPSA) is 85.2 Å². The number of nitrogen functional groups attached to an aromatic ring is 1. The highest BCUT2D eigenvalue weighted by Crippen LogP contribution is 2.28. The molecule has 2 heterocycles. The number of piperidine rings is 1. The van der Waals surface area contributed by atoms with E-state index in [-0.39, 0.29) is 11.8 Å². The SMILES string of the molecule is NC(=O)C1CCCN(c2ncc(N)cc2Cl)C1. The van der Waals surface area contributed by atoms with Crippen LogP contribution in [0.25, 0.3) is 0 Å². The van der Waals surface area contributed by atoms with Crippen LogP contribution in [0.4, 0.5) is 11.5 Å². The molecule has 1 aliphatic rings. The molecule has 0 saturated carbocycles. The van der Waals surface area contributed by atoms with Gasteiger partial charge in [0.2, 0.25) is 5.91 Å². The molecule has 1 amide bonds. The zero-order valence-electron chi connectivity index (χ0n) is 9.40. The van der Waals surface area contributed by atoms with Crippen molar-refractivity contribution in [2.75, 3.05) is 23.7 Å². The number of nitrogens with zero attached hydrogens (tertiary/aromatic N) is 2. The monoisotopic (exact) mass is 254 g/mol. The first-order valence-electron chi connectivity index (χ1n) is 5.53. The minimum atomic E-state index is -0.263. The molecule has 0 radical (unpaired) electrons. The molecule has 1 aliphatic heterocycles. The van der Waals surface area contributed by atoms with E-state index in [0.717, 1.165) is 19.4 Å². The number of carbonyl (C=O) groups excluding carboxylic acids is 1. The summed E-state index contributed by atoms with van der Waals surface area (Å²) < 4.78 is 0. The fourth-order valence-corrected chi connectivity index (χ4v) is 2.37. The second-order valence-electron chi connectivity index (χ2n) is 4.26. The van der Waals surface area contributed by atoms with Gasteiger partial charge in [-0.25, -0.2) is 4.98 Å². The number of carbonyl (C=O) groups is 1. The van der Waals surface area contributed by atoms with Gasteiger partial charge >= 0.3 is 0 Å². The first-order chi connectivity index (χ1) is 8.08. The molecule has 6 heteroatoms. The largest absolute Gasteiger partial charge is 0.397 e. The third-order valence-electron chi connectivity index (χ3n) is 2.97. The van der Waals surface area contributed by atoms with Crippen molar-refractivity contribution in [3.63, 3.8) is 0 Å². The third-order valence-corrected chi connectivity index (χ3v) is 3.24. The molecule has 0 aliphatic carbocycles. The molecule has 92 valence electrons. The van der Waals surface area contributed by atoms with Gasteiger partial charge in [-0.3, -0.25) is 4.79 Å². The number of halogens is 1. The molecule has 5 nitrogen and oxygen atoms in total. The van der Waals surface area contributed by atoms with Crippen LogP contribution in [0.3, 0.4) is 0 Å². The average molecular weight is 255 g/mol. The normalized spacial score (nSPS) is 20.3. The number of anilines is 2. The van der Waals surface area contributed by atoms with Gasteiger partial charge in [0.25, 0.3) is 0 Å². The van der Waals surface area contributed by atoms with Crippen molar-refractivity contribution in [2.45, 2.75) is 12.8 Å². The Kier molecular flexibility index (Phi) is 3.38. The Morgan fingerprint density at radius 2 is 2.35 bits per heavy atom. The van der Waals surface area contributed by atoms with E-state index in [4.69, 9.17) is 23.1 Å². The number of nitrogens with two attached hydrogens (primary N) is 2. The minimum Gasteiger partial charge on any atom is -0.397 e. The van der Waals surface area contributed by atoms with Crippen molar-refractivity contribution in [1.82, 2.24) is 4.98 Å². The standard InChI is InChI=1S/C11H15ClN4O/c12-9-4-8(13)5-15-11(9)16-3-1-2-7(6-16)10(14)17/h4-5,7H,1-3,6,13H2,(H2,14,17). The molecule has 0 aromatic carbocycles. The summed E-state index contributed by atoms with van der Waals surface area (Å²) in [5.41, 5.74) is 11.5. The Balaban J connectivity index is 2.19. The molecule has 1 aromatic heterocycles. The number of amides is 1. The van der Waals surface area contributed by atoms with Gasteiger partial charge in [-0.15, -0.1) is 0 Å². The molecule has 0 spiro atoms. The van der Waals surface area contributed by atoms with E-state index in [1.165, 1.54) is 0 Å². The first kappa shape index (κ1) is 12.0. The predicted molar refractivity (Wildman–Crippen MR) is 67.8 cm³/mol. The lowest BCUT2D eigenvalue weighted by Gasteiger charge is -2.32. The zero-order valence-corrected chi connectivity index (χ0v) is 10.2. The van der Waals surface area contributed by atoms with Crippen molar-refractivity contribution >= 4 is 29.0 Å². The highest BCUT2D eigenvalue weighted by atomic mass is 35.5. The molecular weight excluding hydrogens is 240 g/mol. The molecule has 0 bridgehead atoms. The van der Waals surface area contributed by atoms with Crippen LogP contribution < -0.4 is 16.4 Å². The lowest BCUT2D eigenvalue weighted by molar-refractivity contribution is -0.122. The summed E-state index contributed by atoms with van der Waals surface area (Å²) in [6.45, 7) is 1.41. The second-order valence-corrected chi connectivity index (χ2v) is 4.67. The molecule has 1 saturated heterocycles. The minimum absolute atomic E-state index is 0.126.